The Bertz CT molecular complexity index is 174. The van der Waals surface area contributed by atoms with Gasteiger partial charge in [-0.2, -0.15) is 13.2 Å². The molecular formula is C6H9F3N2S. The van der Waals surface area contributed by atoms with E-state index in [1.54, 1.807) is 0 Å². The molecule has 6 heteroatoms. The van der Waals surface area contributed by atoms with Gasteiger partial charge in [0.2, 0.25) is 0 Å². The summed E-state index contributed by atoms with van der Waals surface area (Å²) in [5.41, 5.74) is 0. The minimum Gasteiger partial charge on any atom is -0.308 e. The maximum absolute atomic E-state index is 11.7. The molecule has 2 nitrogen and oxygen atoms in total. The Morgan fingerprint density at radius 3 is 2.58 bits per heavy atom. The van der Waals surface area contributed by atoms with Gasteiger partial charge in [0, 0.05) is 0 Å². The lowest BCUT2D eigenvalue weighted by molar-refractivity contribution is -0.141. The van der Waals surface area contributed by atoms with E-state index in [2.05, 4.69) is 17.5 Å². The molecule has 0 radical (unpaired) electrons. The third kappa shape index (κ3) is 2.94. The molecule has 0 spiro atoms. The van der Waals surface area contributed by atoms with Gasteiger partial charge in [-0.25, -0.2) is 0 Å². The van der Waals surface area contributed by atoms with Gasteiger partial charge in [-0.05, 0) is 19.4 Å². The highest BCUT2D eigenvalue weighted by atomic mass is 32.1. The first-order valence-electron chi connectivity index (χ1n) is 3.61. The lowest BCUT2D eigenvalue weighted by atomic mass is 10.2. The molecule has 0 aromatic rings. The maximum Gasteiger partial charge on any atom is 0.482 e. The minimum absolute atomic E-state index is 0.153. The molecule has 0 bridgehead atoms. The van der Waals surface area contributed by atoms with Gasteiger partial charge in [0.15, 0.2) is 0 Å². The van der Waals surface area contributed by atoms with Crippen molar-refractivity contribution in [3.8, 4) is 0 Å². The molecule has 1 heterocycles. The summed E-state index contributed by atoms with van der Waals surface area (Å²) in [6.07, 6.45) is -2.84. The Hall–Kier alpha value is -0.360. The largest absolute Gasteiger partial charge is 0.482 e. The van der Waals surface area contributed by atoms with Gasteiger partial charge in [-0.1, -0.05) is 12.2 Å². The van der Waals surface area contributed by atoms with Crippen LogP contribution in [0.3, 0.4) is 0 Å². The van der Waals surface area contributed by atoms with Crippen molar-refractivity contribution in [1.29, 1.82) is 0 Å². The van der Waals surface area contributed by atoms with E-state index in [4.69, 9.17) is 0 Å². The van der Waals surface area contributed by atoms with Gasteiger partial charge < -0.3 is 5.32 Å². The fourth-order valence-electron chi connectivity index (χ4n) is 1.14. The summed E-state index contributed by atoms with van der Waals surface area (Å²) in [4.78, 5) is -0.153. The van der Waals surface area contributed by atoms with Gasteiger partial charge in [0.1, 0.15) is 0 Å². The Labute approximate surface area is 73.5 Å². The number of hydrogen-bond acceptors (Lipinski definition) is 2. The van der Waals surface area contributed by atoms with Crippen molar-refractivity contribution >= 4 is 17.2 Å². The number of nitrogens with one attached hydrogen (secondary N) is 2. The molecular weight excluding hydrogens is 189 g/mol. The Morgan fingerprint density at radius 1 is 1.50 bits per heavy atom. The number of alkyl halides is 3. The molecule has 70 valence electrons. The molecule has 0 aromatic heterocycles. The zero-order valence-electron chi connectivity index (χ0n) is 6.24. The lowest BCUT2D eigenvalue weighted by Gasteiger charge is -2.15. The lowest BCUT2D eigenvalue weighted by Crippen LogP contribution is -2.45. The first-order valence-corrected chi connectivity index (χ1v) is 4.02. The van der Waals surface area contributed by atoms with E-state index in [1.165, 1.54) is 5.32 Å². The average Bonchev–Trinajstić information content (AvgIpc) is 2.32. The molecule has 1 rings (SSSR count). The quantitative estimate of drug-likeness (QED) is 0.488. The van der Waals surface area contributed by atoms with Crippen LogP contribution in [0.25, 0.3) is 0 Å². The summed E-state index contributed by atoms with van der Waals surface area (Å²) >= 11 is 4.57. The number of hydrogen-bond donors (Lipinski definition) is 2. The van der Waals surface area contributed by atoms with Gasteiger partial charge >= 0.3 is 6.30 Å². The Kier molecular flexibility index (Phi) is 2.89. The summed E-state index contributed by atoms with van der Waals surface area (Å²) in [5.74, 6) is 0. The van der Waals surface area contributed by atoms with Crippen LogP contribution in [0.2, 0.25) is 0 Å². The smallest absolute Gasteiger partial charge is 0.308 e. The van der Waals surface area contributed by atoms with E-state index in [0.29, 0.717) is 6.42 Å². The first-order chi connectivity index (χ1) is 5.49. The van der Waals surface area contributed by atoms with E-state index in [0.717, 1.165) is 13.0 Å². The van der Waals surface area contributed by atoms with Crippen molar-refractivity contribution in [2.45, 2.75) is 25.2 Å². The molecule has 1 unspecified atom stereocenters. The zero-order chi connectivity index (χ0) is 9.19. The molecule has 1 aliphatic rings. The van der Waals surface area contributed by atoms with Crippen LogP contribution >= 0.6 is 12.2 Å². The van der Waals surface area contributed by atoms with E-state index in [-0.39, 0.29) is 11.0 Å². The van der Waals surface area contributed by atoms with Gasteiger partial charge in [0.05, 0.1) is 11.0 Å². The summed E-state index contributed by atoms with van der Waals surface area (Å²) in [6.45, 7) is 0.740. The van der Waals surface area contributed by atoms with Gasteiger partial charge in [-0.3, -0.25) is 5.32 Å². The molecule has 0 amide bonds. The van der Waals surface area contributed by atoms with Gasteiger partial charge in [0.25, 0.3) is 0 Å². The molecule has 1 atom stereocenters. The summed E-state index contributed by atoms with van der Waals surface area (Å²) in [5, 5.41) is 4.21. The topological polar surface area (TPSA) is 24.1 Å². The molecule has 1 aliphatic heterocycles. The highest BCUT2D eigenvalue weighted by Gasteiger charge is 2.31. The van der Waals surface area contributed by atoms with Crippen LogP contribution in [0.4, 0.5) is 13.2 Å². The van der Waals surface area contributed by atoms with Crippen molar-refractivity contribution in [3.05, 3.63) is 0 Å². The predicted molar refractivity (Wildman–Crippen MR) is 42.8 cm³/mol. The Balaban J connectivity index is 2.37. The van der Waals surface area contributed by atoms with Gasteiger partial charge in [-0.15, -0.1) is 0 Å². The number of thiocarbonyl (C=S) groups is 1. The van der Waals surface area contributed by atoms with Crippen LogP contribution in [0, 0.1) is 0 Å². The first kappa shape index (κ1) is 9.73. The maximum atomic E-state index is 11.7. The van der Waals surface area contributed by atoms with Crippen molar-refractivity contribution in [3.63, 3.8) is 0 Å². The zero-order valence-corrected chi connectivity index (χ0v) is 7.06. The number of halogens is 3. The summed E-state index contributed by atoms with van der Waals surface area (Å²) < 4.78 is 35.2. The normalized spacial score (nSPS) is 24.1. The third-order valence-corrected chi connectivity index (χ3v) is 2.03. The van der Waals surface area contributed by atoms with Crippen molar-refractivity contribution in [2.24, 2.45) is 0 Å². The second-order valence-electron chi connectivity index (χ2n) is 2.64. The van der Waals surface area contributed by atoms with E-state index < -0.39 is 6.30 Å². The fourth-order valence-corrected chi connectivity index (χ4v) is 1.45. The van der Waals surface area contributed by atoms with Crippen LogP contribution in [-0.4, -0.2) is 23.9 Å². The summed E-state index contributed by atoms with van der Waals surface area (Å²) in [6, 6.07) is -0.304. The SMILES string of the molecule is FC(F)(F)NC(=S)C1CCCN1. The van der Waals surface area contributed by atoms with Crippen LogP contribution in [-0.2, 0) is 0 Å². The van der Waals surface area contributed by atoms with E-state index in [9.17, 15) is 13.2 Å². The van der Waals surface area contributed by atoms with E-state index >= 15 is 0 Å². The van der Waals surface area contributed by atoms with E-state index in [1.807, 2.05) is 0 Å². The van der Waals surface area contributed by atoms with Crippen LogP contribution < -0.4 is 10.6 Å². The molecule has 0 aliphatic carbocycles. The molecule has 0 aromatic carbocycles. The molecule has 0 saturated carbocycles. The molecule has 2 N–H and O–H groups in total. The molecule has 12 heavy (non-hydrogen) atoms. The highest BCUT2D eigenvalue weighted by molar-refractivity contribution is 7.80. The van der Waals surface area contributed by atoms with Crippen LogP contribution in [0.15, 0.2) is 0 Å². The molecule has 1 fully saturated rings. The van der Waals surface area contributed by atoms with Crippen molar-refractivity contribution in [2.75, 3.05) is 6.54 Å². The number of rotatable bonds is 1. The second kappa shape index (κ2) is 3.57. The third-order valence-electron chi connectivity index (χ3n) is 1.64. The fraction of sp³-hybridized carbons (Fsp3) is 0.833. The van der Waals surface area contributed by atoms with Crippen molar-refractivity contribution < 1.29 is 13.2 Å². The minimum atomic E-state index is -4.40. The Morgan fingerprint density at radius 2 is 2.17 bits per heavy atom. The second-order valence-corrected chi connectivity index (χ2v) is 3.08. The van der Waals surface area contributed by atoms with Crippen LogP contribution in [0.1, 0.15) is 12.8 Å². The van der Waals surface area contributed by atoms with Crippen molar-refractivity contribution in [1.82, 2.24) is 10.6 Å². The summed E-state index contributed by atoms with van der Waals surface area (Å²) in [7, 11) is 0. The average molecular weight is 198 g/mol. The van der Waals surface area contributed by atoms with Crippen LogP contribution in [0.5, 0.6) is 0 Å². The standard InChI is InChI=1S/C6H9F3N2S/c7-6(8,9)11-5(12)4-2-1-3-10-4/h4,10H,1-3H2,(H,11,12). The highest BCUT2D eigenvalue weighted by Crippen LogP contribution is 2.13. The predicted octanol–water partition coefficient (Wildman–Crippen LogP) is 1.18. The molecule has 1 saturated heterocycles. The monoisotopic (exact) mass is 198 g/mol.